The first-order valence-electron chi connectivity index (χ1n) is 4.18. The van der Waals surface area contributed by atoms with Gasteiger partial charge in [-0.1, -0.05) is 12.1 Å². The summed E-state index contributed by atoms with van der Waals surface area (Å²) in [6.45, 7) is 0. The summed E-state index contributed by atoms with van der Waals surface area (Å²) in [5.41, 5.74) is 0. The monoisotopic (exact) mass is 248 g/mol. The van der Waals surface area contributed by atoms with Crippen molar-refractivity contribution in [3.8, 4) is 5.75 Å². The fraction of sp³-hybridized carbons (Fsp3) is 0.222. The van der Waals surface area contributed by atoms with Crippen molar-refractivity contribution >= 4 is 16.1 Å². The Morgan fingerprint density at radius 1 is 1.38 bits per heavy atom. The third-order valence-electron chi connectivity index (χ3n) is 1.58. The summed E-state index contributed by atoms with van der Waals surface area (Å²) < 4.78 is 44.1. The molecule has 0 radical (unpaired) electrons. The predicted octanol–water partition coefficient (Wildman–Crippen LogP) is 0.707. The van der Waals surface area contributed by atoms with Crippen LogP contribution in [0.4, 0.5) is 4.39 Å². The van der Waals surface area contributed by atoms with Gasteiger partial charge in [-0.15, -0.1) is 0 Å². The molecule has 7 heteroatoms. The van der Waals surface area contributed by atoms with Crippen LogP contribution in [0.1, 0.15) is 0 Å². The van der Waals surface area contributed by atoms with E-state index in [-0.39, 0.29) is 0 Å². The normalized spacial score (nSPS) is 10.9. The van der Waals surface area contributed by atoms with Gasteiger partial charge in [0, 0.05) is 0 Å². The molecule has 16 heavy (non-hydrogen) atoms. The zero-order chi connectivity index (χ0) is 12.2. The smallest absolute Gasteiger partial charge is 0.324 e. The van der Waals surface area contributed by atoms with Gasteiger partial charge in [0.15, 0.2) is 17.3 Å². The van der Waals surface area contributed by atoms with Crippen LogP contribution in [-0.2, 0) is 19.6 Å². The van der Waals surface area contributed by atoms with Crippen molar-refractivity contribution in [2.75, 3.05) is 12.9 Å². The molecule has 1 aromatic carbocycles. The molecular formula is C9H9FO5S. The second-order valence-electron chi connectivity index (χ2n) is 2.79. The van der Waals surface area contributed by atoms with Crippen molar-refractivity contribution < 1.29 is 26.5 Å². The molecule has 0 unspecified atom stereocenters. The maximum atomic E-state index is 13.0. The van der Waals surface area contributed by atoms with Gasteiger partial charge in [0.2, 0.25) is 0 Å². The number of para-hydroxylation sites is 1. The van der Waals surface area contributed by atoms with Crippen molar-refractivity contribution in [1.29, 1.82) is 0 Å². The van der Waals surface area contributed by atoms with E-state index < -0.39 is 33.4 Å². The Labute approximate surface area is 91.9 Å². The van der Waals surface area contributed by atoms with Gasteiger partial charge in [-0.2, -0.15) is 8.42 Å². The summed E-state index contributed by atoms with van der Waals surface area (Å²) in [6.07, 6.45) is 0. The van der Waals surface area contributed by atoms with E-state index in [0.717, 1.165) is 19.2 Å². The van der Waals surface area contributed by atoms with E-state index >= 15 is 0 Å². The van der Waals surface area contributed by atoms with E-state index in [4.69, 9.17) is 0 Å². The lowest BCUT2D eigenvalue weighted by molar-refractivity contribution is -0.137. The van der Waals surface area contributed by atoms with Crippen molar-refractivity contribution in [3.05, 3.63) is 30.1 Å². The number of halogens is 1. The van der Waals surface area contributed by atoms with E-state index in [1.807, 2.05) is 0 Å². The molecule has 0 spiro atoms. The Kier molecular flexibility index (Phi) is 3.83. The fourth-order valence-corrected chi connectivity index (χ4v) is 1.76. The van der Waals surface area contributed by atoms with Gasteiger partial charge in [-0.3, -0.25) is 4.79 Å². The van der Waals surface area contributed by atoms with Crippen LogP contribution >= 0.6 is 0 Å². The molecule has 0 aliphatic rings. The Morgan fingerprint density at radius 2 is 2.00 bits per heavy atom. The Hall–Kier alpha value is -1.63. The molecule has 0 bridgehead atoms. The van der Waals surface area contributed by atoms with E-state index in [0.29, 0.717) is 0 Å². The second kappa shape index (κ2) is 4.93. The van der Waals surface area contributed by atoms with Gasteiger partial charge >= 0.3 is 16.1 Å². The van der Waals surface area contributed by atoms with Crippen molar-refractivity contribution in [3.63, 3.8) is 0 Å². The lowest BCUT2D eigenvalue weighted by Gasteiger charge is -2.06. The highest BCUT2D eigenvalue weighted by Crippen LogP contribution is 2.17. The number of ether oxygens (including phenoxy) is 1. The zero-order valence-electron chi connectivity index (χ0n) is 8.34. The highest BCUT2D eigenvalue weighted by molar-refractivity contribution is 7.87. The van der Waals surface area contributed by atoms with Gasteiger partial charge in [0.25, 0.3) is 0 Å². The molecule has 0 fully saturated rings. The number of esters is 1. The number of hydrogen-bond donors (Lipinski definition) is 0. The lowest BCUT2D eigenvalue weighted by Crippen LogP contribution is -2.22. The average Bonchev–Trinajstić information content (AvgIpc) is 2.20. The number of benzene rings is 1. The molecule has 0 atom stereocenters. The van der Waals surface area contributed by atoms with Crippen molar-refractivity contribution in [1.82, 2.24) is 0 Å². The summed E-state index contributed by atoms with van der Waals surface area (Å²) in [4.78, 5) is 10.7. The van der Waals surface area contributed by atoms with Gasteiger partial charge in [0.1, 0.15) is 0 Å². The molecule has 1 rings (SSSR count). The fourth-order valence-electron chi connectivity index (χ4n) is 0.882. The lowest BCUT2D eigenvalue weighted by atomic mass is 10.3. The molecule has 0 aromatic heterocycles. The maximum absolute atomic E-state index is 13.0. The van der Waals surface area contributed by atoms with E-state index in [2.05, 4.69) is 8.92 Å². The first kappa shape index (κ1) is 12.4. The Bertz CT molecular complexity index is 482. The first-order valence-corrected chi connectivity index (χ1v) is 5.76. The number of carbonyl (C=O) groups excluding carboxylic acids is 1. The number of carbonyl (C=O) groups is 1. The quantitative estimate of drug-likeness (QED) is 0.579. The second-order valence-corrected chi connectivity index (χ2v) is 4.36. The van der Waals surface area contributed by atoms with Gasteiger partial charge in [-0.25, -0.2) is 4.39 Å². The van der Waals surface area contributed by atoms with Crippen LogP contribution in [0.2, 0.25) is 0 Å². The highest BCUT2D eigenvalue weighted by Gasteiger charge is 2.20. The van der Waals surface area contributed by atoms with Crippen LogP contribution < -0.4 is 4.18 Å². The van der Waals surface area contributed by atoms with E-state index in [1.54, 1.807) is 0 Å². The molecule has 0 N–H and O–H groups in total. The molecule has 5 nitrogen and oxygen atoms in total. The number of hydrogen-bond acceptors (Lipinski definition) is 5. The number of methoxy groups -OCH3 is 1. The van der Waals surface area contributed by atoms with Crippen LogP contribution in [0.25, 0.3) is 0 Å². The third kappa shape index (κ3) is 3.50. The van der Waals surface area contributed by atoms with Crippen LogP contribution in [0, 0.1) is 5.82 Å². The Morgan fingerprint density at radius 3 is 2.56 bits per heavy atom. The minimum absolute atomic E-state index is 0.452. The van der Waals surface area contributed by atoms with Crippen LogP contribution in [-0.4, -0.2) is 27.2 Å². The molecule has 0 heterocycles. The SMILES string of the molecule is COC(=O)CS(=O)(=O)Oc1ccccc1F. The van der Waals surface area contributed by atoms with Crippen molar-refractivity contribution in [2.45, 2.75) is 0 Å². The van der Waals surface area contributed by atoms with Gasteiger partial charge in [0.05, 0.1) is 7.11 Å². The van der Waals surface area contributed by atoms with Crippen LogP contribution in [0.3, 0.4) is 0 Å². The minimum atomic E-state index is -4.18. The van der Waals surface area contributed by atoms with E-state index in [9.17, 15) is 17.6 Å². The minimum Gasteiger partial charge on any atom is -0.468 e. The summed E-state index contributed by atoms with van der Waals surface area (Å²) >= 11 is 0. The molecule has 0 amide bonds. The average molecular weight is 248 g/mol. The summed E-state index contributed by atoms with van der Waals surface area (Å²) in [7, 11) is -3.14. The molecule has 1 aromatic rings. The summed E-state index contributed by atoms with van der Waals surface area (Å²) in [5.74, 6) is -3.21. The van der Waals surface area contributed by atoms with Crippen LogP contribution in [0.5, 0.6) is 5.75 Å². The molecule has 0 aliphatic carbocycles. The molecule has 88 valence electrons. The van der Waals surface area contributed by atoms with E-state index in [1.165, 1.54) is 12.1 Å². The molecule has 0 saturated heterocycles. The largest absolute Gasteiger partial charge is 0.468 e. The topological polar surface area (TPSA) is 69.7 Å². The van der Waals surface area contributed by atoms with Crippen LogP contribution in [0.15, 0.2) is 24.3 Å². The first-order chi connectivity index (χ1) is 7.44. The summed E-state index contributed by atoms with van der Waals surface area (Å²) in [5, 5.41) is 0. The maximum Gasteiger partial charge on any atom is 0.324 e. The summed E-state index contributed by atoms with van der Waals surface area (Å²) in [6, 6.07) is 4.98. The van der Waals surface area contributed by atoms with Crippen molar-refractivity contribution in [2.24, 2.45) is 0 Å². The van der Waals surface area contributed by atoms with Gasteiger partial charge in [-0.05, 0) is 12.1 Å². The Balaban J connectivity index is 2.81. The zero-order valence-corrected chi connectivity index (χ0v) is 9.16. The highest BCUT2D eigenvalue weighted by atomic mass is 32.2. The standard InChI is InChI=1S/C9H9FO5S/c1-14-9(11)6-16(12,13)15-8-5-3-2-4-7(8)10/h2-5H,6H2,1H3. The van der Waals surface area contributed by atoms with Gasteiger partial charge < -0.3 is 8.92 Å². The molecular weight excluding hydrogens is 239 g/mol. The number of rotatable bonds is 4. The predicted molar refractivity (Wildman–Crippen MR) is 52.8 cm³/mol. The third-order valence-corrected chi connectivity index (χ3v) is 2.60. The molecule has 0 saturated carbocycles. The molecule has 0 aliphatic heterocycles.